The van der Waals surface area contributed by atoms with Gasteiger partial charge in [-0.3, -0.25) is 0 Å². The Bertz CT molecular complexity index is 1170. The van der Waals surface area contributed by atoms with Crippen LogP contribution in [0.3, 0.4) is 0 Å². The normalized spacial score (nSPS) is 12.4. The van der Waals surface area contributed by atoms with Crippen molar-refractivity contribution in [1.82, 2.24) is 0 Å². The van der Waals surface area contributed by atoms with Crippen molar-refractivity contribution in [3.63, 3.8) is 0 Å². The molecule has 0 aliphatic carbocycles. The van der Waals surface area contributed by atoms with Crippen molar-refractivity contribution in [1.29, 1.82) is 0 Å². The number of benzene rings is 4. The first-order valence-electron chi connectivity index (χ1n) is 11.2. The minimum absolute atomic E-state index is 0.146. The Morgan fingerprint density at radius 3 is 1.74 bits per heavy atom. The highest BCUT2D eigenvalue weighted by Crippen LogP contribution is 2.35. The van der Waals surface area contributed by atoms with Crippen molar-refractivity contribution >= 4 is 21.5 Å². The van der Waals surface area contributed by atoms with Crippen LogP contribution in [0.4, 0.5) is 0 Å². The van der Waals surface area contributed by atoms with E-state index in [1.165, 1.54) is 16.5 Å². The average Bonchev–Trinajstić information content (AvgIpc) is 2.79. The molecule has 2 N–H and O–H groups in total. The molecule has 0 saturated carbocycles. The molecule has 0 heterocycles. The standard InChI is InChI=1S/C15H18O.C14H16O/c1-4-15(2,3)13-9-5-8-12-11(13)7-6-10-14(12)16;1-3-10(2)11-6-4-8-13-12(11)7-5-9-14(13)15/h5-10,16H,4H2,1-3H3;4-10,15H,3H2,1-2H3. The SMILES string of the molecule is CCC(C)(C)c1cccc2c(O)cccc12.CCC(C)c1cccc2c(O)cccc12. The zero-order chi connectivity index (χ0) is 22.6. The van der Waals surface area contributed by atoms with E-state index in [0.29, 0.717) is 17.4 Å². The third kappa shape index (κ3) is 4.69. The summed E-state index contributed by atoms with van der Waals surface area (Å²) in [4.78, 5) is 0. The lowest BCUT2D eigenvalue weighted by Gasteiger charge is -2.25. The number of aromatic hydroxyl groups is 2. The van der Waals surface area contributed by atoms with E-state index >= 15 is 0 Å². The summed E-state index contributed by atoms with van der Waals surface area (Å²) >= 11 is 0. The minimum Gasteiger partial charge on any atom is -0.507 e. The first-order chi connectivity index (χ1) is 14.8. The van der Waals surface area contributed by atoms with E-state index in [2.05, 4.69) is 58.9 Å². The van der Waals surface area contributed by atoms with Crippen molar-refractivity contribution in [2.75, 3.05) is 0 Å². The number of hydrogen-bond acceptors (Lipinski definition) is 2. The minimum atomic E-state index is 0.146. The summed E-state index contributed by atoms with van der Waals surface area (Å²) in [7, 11) is 0. The van der Waals surface area contributed by atoms with Crippen molar-refractivity contribution in [2.45, 2.75) is 58.8 Å². The predicted molar refractivity (Wildman–Crippen MR) is 133 cm³/mol. The van der Waals surface area contributed by atoms with Crippen molar-refractivity contribution in [2.24, 2.45) is 0 Å². The molecule has 31 heavy (non-hydrogen) atoms. The lowest BCUT2D eigenvalue weighted by molar-refractivity contribution is 0.480. The first-order valence-corrected chi connectivity index (χ1v) is 11.2. The monoisotopic (exact) mass is 414 g/mol. The molecule has 4 rings (SSSR count). The second-order valence-electron chi connectivity index (χ2n) is 8.94. The molecule has 4 aromatic rings. The van der Waals surface area contributed by atoms with Gasteiger partial charge in [-0.05, 0) is 58.2 Å². The molecule has 1 unspecified atom stereocenters. The summed E-state index contributed by atoms with van der Waals surface area (Å²) in [5.41, 5.74) is 2.78. The van der Waals surface area contributed by atoms with E-state index in [1.807, 2.05) is 36.4 Å². The van der Waals surface area contributed by atoms with Crippen LogP contribution >= 0.6 is 0 Å². The van der Waals surface area contributed by atoms with Crippen LogP contribution in [0.5, 0.6) is 11.5 Å². The maximum atomic E-state index is 9.83. The second-order valence-corrected chi connectivity index (χ2v) is 8.94. The van der Waals surface area contributed by atoms with Gasteiger partial charge in [-0.25, -0.2) is 0 Å². The fourth-order valence-corrected chi connectivity index (χ4v) is 4.04. The zero-order valence-electron chi connectivity index (χ0n) is 19.3. The fraction of sp³-hybridized carbons (Fsp3) is 0.310. The van der Waals surface area contributed by atoms with E-state index in [9.17, 15) is 10.2 Å². The topological polar surface area (TPSA) is 40.5 Å². The Hall–Kier alpha value is -3.00. The smallest absolute Gasteiger partial charge is 0.123 e. The van der Waals surface area contributed by atoms with Crippen molar-refractivity contribution in [3.05, 3.63) is 83.9 Å². The summed E-state index contributed by atoms with van der Waals surface area (Å²) in [5.74, 6) is 1.28. The van der Waals surface area contributed by atoms with Gasteiger partial charge in [0.1, 0.15) is 11.5 Å². The molecule has 1 atom stereocenters. The van der Waals surface area contributed by atoms with E-state index in [0.717, 1.165) is 29.0 Å². The largest absolute Gasteiger partial charge is 0.507 e. The van der Waals surface area contributed by atoms with Gasteiger partial charge in [0.15, 0.2) is 0 Å². The van der Waals surface area contributed by atoms with Gasteiger partial charge in [0, 0.05) is 10.8 Å². The molecule has 0 amide bonds. The average molecular weight is 415 g/mol. The lowest BCUT2D eigenvalue weighted by Crippen LogP contribution is -2.15. The van der Waals surface area contributed by atoms with Gasteiger partial charge in [0.05, 0.1) is 0 Å². The predicted octanol–water partition coefficient (Wildman–Crippen LogP) is 8.29. The summed E-state index contributed by atoms with van der Waals surface area (Å²) in [6.45, 7) is 11.1. The van der Waals surface area contributed by atoms with Crippen LogP contribution in [0.25, 0.3) is 21.5 Å². The molecule has 0 saturated heterocycles. The molecule has 0 radical (unpaired) electrons. The number of phenolic OH excluding ortho intramolecular Hbond substituents is 2. The molecule has 2 nitrogen and oxygen atoms in total. The lowest BCUT2D eigenvalue weighted by atomic mass is 9.80. The van der Waals surface area contributed by atoms with Gasteiger partial charge in [-0.1, -0.05) is 95.3 Å². The van der Waals surface area contributed by atoms with Crippen molar-refractivity contribution in [3.8, 4) is 11.5 Å². The molecular weight excluding hydrogens is 380 g/mol. The van der Waals surface area contributed by atoms with Crippen LogP contribution in [-0.2, 0) is 5.41 Å². The van der Waals surface area contributed by atoms with Crippen LogP contribution < -0.4 is 0 Å². The number of fused-ring (bicyclic) bond motifs is 2. The Kier molecular flexibility index (Phi) is 6.90. The molecule has 0 aromatic heterocycles. The molecule has 0 bridgehead atoms. The van der Waals surface area contributed by atoms with Crippen LogP contribution in [0.2, 0.25) is 0 Å². The first kappa shape index (κ1) is 22.7. The Balaban J connectivity index is 0.000000176. The molecule has 0 fully saturated rings. The third-order valence-electron chi connectivity index (χ3n) is 6.59. The van der Waals surface area contributed by atoms with Gasteiger partial charge < -0.3 is 10.2 Å². The van der Waals surface area contributed by atoms with Crippen LogP contribution in [0, 0.1) is 0 Å². The second kappa shape index (κ2) is 9.43. The molecule has 162 valence electrons. The molecule has 0 spiro atoms. The maximum Gasteiger partial charge on any atom is 0.123 e. The van der Waals surface area contributed by atoms with Crippen LogP contribution in [-0.4, -0.2) is 10.2 Å². The summed E-state index contributed by atoms with van der Waals surface area (Å²) in [6, 6.07) is 23.7. The highest BCUT2D eigenvalue weighted by molar-refractivity contribution is 5.92. The zero-order valence-corrected chi connectivity index (χ0v) is 19.3. The van der Waals surface area contributed by atoms with E-state index in [-0.39, 0.29) is 5.41 Å². The van der Waals surface area contributed by atoms with Gasteiger partial charge in [0.2, 0.25) is 0 Å². The van der Waals surface area contributed by atoms with E-state index < -0.39 is 0 Å². The van der Waals surface area contributed by atoms with Gasteiger partial charge in [0.25, 0.3) is 0 Å². The van der Waals surface area contributed by atoms with Gasteiger partial charge in [-0.15, -0.1) is 0 Å². The summed E-state index contributed by atoms with van der Waals surface area (Å²) in [6.07, 6.45) is 2.20. The number of hydrogen-bond donors (Lipinski definition) is 2. The number of rotatable bonds is 4. The highest BCUT2D eigenvalue weighted by atomic mass is 16.3. The van der Waals surface area contributed by atoms with Gasteiger partial charge in [-0.2, -0.15) is 0 Å². The van der Waals surface area contributed by atoms with Gasteiger partial charge >= 0.3 is 0 Å². The van der Waals surface area contributed by atoms with Crippen LogP contribution in [0.15, 0.2) is 72.8 Å². The quantitative estimate of drug-likeness (QED) is 0.352. The molecule has 0 aliphatic heterocycles. The maximum absolute atomic E-state index is 9.83. The Labute approximate surface area is 186 Å². The Morgan fingerprint density at radius 1 is 0.677 bits per heavy atom. The molecule has 0 aliphatic rings. The summed E-state index contributed by atoms with van der Waals surface area (Å²) in [5, 5.41) is 23.8. The fourth-order valence-electron chi connectivity index (χ4n) is 4.04. The molecular formula is C29H34O2. The van der Waals surface area contributed by atoms with E-state index in [1.54, 1.807) is 12.1 Å². The van der Waals surface area contributed by atoms with Crippen molar-refractivity contribution < 1.29 is 10.2 Å². The van der Waals surface area contributed by atoms with Crippen LogP contribution in [0.1, 0.15) is 64.5 Å². The molecule has 4 aromatic carbocycles. The molecule has 2 heteroatoms. The summed E-state index contributed by atoms with van der Waals surface area (Å²) < 4.78 is 0. The number of phenols is 2. The highest BCUT2D eigenvalue weighted by Gasteiger charge is 2.20. The Morgan fingerprint density at radius 2 is 1.16 bits per heavy atom. The third-order valence-corrected chi connectivity index (χ3v) is 6.59. The van der Waals surface area contributed by atoms with E-state index in [4.69, 9.17) is 0 Å².